The molecule has 0 saturated heterocycles. The first-order chi connectivity index (χ1) is 7.29. The van der Waals surface area contributed by atoms with Gasteiger partial charge < -0.3 is 4.74 Å². The van der Waals surface area contributed by atoms with Crippen molar-refractivity contribution in [1.82, 2.24) is 0 Å². The minimum absolute atomic E-state index is 0.153. The van der Waals surface area contributed by atoms with E-state index < -0.39 is 0 Å². The third-order valence-electron chi connectivity index (χ3n) is 2.90. The molecular weight excluding hydrogens is 188 g/mol. The maximum atomic E-state index is 11.9. The van der Waals surface area contributed by atoms with Gasteiger partial charge in [-0.1, -0.05) is 19.1 Å². The van der Waals surface area contributed by atoms with E-state index in [1.807, 2.05) is 13.8 Å². The van der Waals surface area contributed by atoms with Crippen molar-refractivity contribution in [2.24, 2.45) is 5.92 Å². The van der Waals surface area contributed by atoms with Crippen LogP contribution in [0, 0.1) is 5.92 Å². The second-order valence-electron chi connectivity index (χ2n) is 4.14. The van der Waals surface area contributed by atoms with Gasteiger partial charge in [0, 0.05) is 13.0 Å². The van der Waals surface area contributed by atoms with Gasteiger partial charge in [0.15, 0.2) is 5.78 Å². The fourth-order valence-electron chi connectivity index (χ4n) is 2.15. The highest BCUT2D eigenvalue weighted by Crippen LogP contribution is 2.25. The smallest absolute Gasteiger partial charge is 0.161 e. The van der Waals surface area contributed by atoms with Gasteiger partial charge in [0.1, 0.15) is 6.10 Å². The molecule has 0 fully saturated rings. The molecule has 0 aromatic carbocycles. The van der Waals surface area contributed by atoms with Gasteiger partial charge in [-0.25, -0.2) is 0 Å². The average Bonchev–Trinajstić information content (AvgIpc) is 2.27. The number of hydrogen-bond acceptors (Lipinski definition) is 2. The monoisotopic (exact) mass is 210 g/mol. The fourth-order valence-corrected chi connectivity index (χ4v) is 2.15. The summed E-state index contributed by atoms with van der Waals surface area (Å²) in [7, 11) is 0. The van der Waals surface area contributed by atoms with Gasteiger partial charge >= 0.3 is 0 Å². The third-order valence-corrected chi connectivity index (χ3v) is 2.90. The summed E-state index contributed by atoms with van der Waals surface area (Å²) in [5.41, 5.74) is 0. The molecule has 2 heteroatoms. The Hall–Kier alpha value is -0.630. The first-order valence-corrected chi connectivity index (χ1v) is 6.08. The lowest BCUT2D eigenvalue weighted by molar-refractivity contribution is -0.134. The molecule has 0 radical (unpaired) electrons. The van der Waals surface area contributed by atoms with Gasteiger partial charge in [-0.15, -0.1) is 0 Å². The molecule has 0 N–H and O–H groups in total. The molecule has 1 rings (SSSR count). The van der Waals surface area contributed by atoms with Crippen LogP contribution in [0.2, 0.25) is 0 Å². The number of ether oxygens (including phenoxy) is 1. The summed E-state index contributed by atoms with van der Waals surface area (Å²) >= 11 is 0. The molecule has 0 aromatic heterocycles. The van der Waals surface area contributed by atoms with Gasteiger partial charge in [-0.2, -0.15) is 0 Å². The van der Waals surface area contributed by atoms with Crippen molar-refractivity contribution in [3.8, 4) is 0 Å². The molecule has 2 atom stereocenters. The predicted molar refractivity (Wildman–Crippen MR) is 61.8 cm³/mol. The molecular formula is C13H22O2. The van der Waals surface area contributed by atoms with E-state index in [0.29, 0.717) is 24.7 Å². The van der Waals surface area contributed by atoms with Gasteiger partial charge in [0.2, 0.25) is 0 Å². The van der Waals surface area contributed by atoms with Crippen LogP contribution in [0.1, 0.15) is 46.0 Å². The number of allylic oxidation sites excluding steroid dienone is 2. The Bertz CT molecular complexity index is 221. The van der Waals surface area contributed by atoms with Crippen LogP contribution in [0.15, 0.2) is 12.2 Å². The predicted octanol–water partition coefficient (Wildman–Crippen LogP) is 3.12. The Morgan fingerprint density at radius 3 is 2.80 bits per heavy atom. The van der Waals surface area contributed by atoms with E-state index in [4.69, 9.17) is 4.74 Å². The topological polar surface area (TPSA) is 26.3 Å². The summed E-state index contributed by atoms with van der Waals surface area (Å²) in [5.74, 6) is 0.702. The summed E-state index contributed by atoms with van der Waals surface area (Å²) in [6.45, 7) is 4.65. The Morgan fingerprint density at radius 1 is 1.47 bits per heavy atom. The molecule has 2 unspecified atom stereocenters. The summed E-state index contributed by atoms with van der Waals surface area (Å²) in [4.78, 5) is 11.9. The molecule has 1 aliphatic rings. The summed E-state index contributed by atoms with van der Waals surface area (Å²) < 4.78 is 5.61. The highest BCUT2D eigenvalue weighted by molar-refractivity contribution is 5.83. The number of ketones is 1. The van der Waals surface area contributed by atoms with Gasteiger partial charge in [0.05, 0.1) is 0 Å². The van der Waals surface area contributed by atoms with E-state index in [1.54, 1.807) is 0 Å². The number of Topliss-reactive ketones (excluding diaryl/α,β-unsaturated/α-hetero) is 1. The number of carbonyl (C=O) groups is 1. The van der Waals surface area contributed by atoms with Crippen molar-refractivity contribution in [3.05, 3.63) is 12.2 Å². The average molecular weight is 210 g/mol. The standard InChI is InChI=1S/C13H22O2/c1-3-8-12(14)13(15-4-2)11-9-6-5-7-10-11/h5-6,11,13H,3-4,7-10H2,1-2H3. The SMILES string of the molecule is CCCC(=O)C(OCC)C1CC=CCC1. The summed E-state index contributed by atoms with van der Waals surface area (Å²) in [6, 6.07) is 0. The summed E-state index contributed by atoms with van der Waals surface area (Å²) in [6.07, 6.45) is 8.99. The van der Waals surface area contributed by atoms with Crippen LogP contribution in [0.3, 0.4) is 0 Å². The molecule has 86 valence electrons. The maximum Gasteiger partial charge on any atom is 0.161 e. The quantitative estimate of drug-likeness (QED) is 0.630. The molecule has 0 aromatic rings. The Morgan fingerprint density at radius 2 is 2.27 bits per heavy atom. The number of carbonyl (C=O) groups excluding carboxylic acids is 1. The van der Waals surface area contributed by atoms with E-state index in [2.05, 4.69) is 12.2 Å². The Balaban J connectivity index is 2.55. The van der Waals surface area contributed by atoms with Crippen LogP contribution in [-0.4, -0.2) is 18.5 Å². The van der Waals surface area contributed by atoms with Crippen LogP contribution >= 0.6 is 0 Å². The van der Waals surface area contributed by atoms with Gasteiger partial charge in [-0.05, 0) is 38.5 Å². The first kappa shape index (κ1) is 12.4. The van der Waals surface area contributed by atoms with E-state index in [1.165, 1.54) is 0 Å². The van der Waals surface area contributed by atoms with Gasteiger partial charge in [0.25, 0.3) is 0 Å². The second-order valence-corrected chi connectivity index (χ2v) is 4.14. The molecule has 0 heterocycles. The molecule has 15 heavy (non-hydrogen) atoms. The first-order valence-electron chi connectivity index (χ1n) is 6.08. The van der Waals surface area contributed by atoms with Crippen LogP contribution in [-0.2, 0) is 9.53 Å². The van der Waals surface area contributed by atoms with Gasteiger partial charge in [-0.3, -0.25) is 4.79 Å². The second kappa shape index (κ2) is 6.78. The zero-order valence-corrected chi connectivity index (χ0v) is 9.87. The molecule has 1 aliphatic carbocycles. The third kappa shape index (κ3) is 3.78. The zero-order valence-electron chi connectivity index (χ0n) is 9.87. The largest absolute Gasteiger partial charge is 0.370 e. The molecule has 0 amide bonds. The highest BCUT2D eigenvalue weighted by atomic mass is 16.5. The fraction of sp³-hybridized carbons (Fsp3) is 0.769. The maximum absolute atomic E-state index is 11.9. The van der Waals surface area contributed by atoms with E-state index >= 15 is 0 Å². The molecule has 0 aliphatic heterocycles. The van der Waals surface area contributed by atoms with Crippen molar-refractivity contribution in [3.63, 3.8) is 0 Å². The normalized spacial score (nSPS) is 22.7. The van der Waals surface area contributed by atoms with Crippen molar-refractivity contribution in [1.29, 1.82) is 0 Å². The van der Waals surface area contributed by atoms with Crippen LogP contribution in [0.4, 0.5) is 0 Å². The Labute approximate surface area is 92.7 Å². The minimum Gasteiger partial charge on any atom is -0.370 e. The number of rotatable bonds is 6. The lowest BCUT2D eigenvalue weighted by Crippen LogP contribution is -2.33. The van der Waals surface area contributed by atoms with E-state index in [0.717, 1.165) is 25.7 Å². The highest BCUT2D eigenvalue weighted by Gasteiger charge is 2.27. The lowest BCUT2D eigenvalue weighted by atomic mass is 9.86. The molecule has 0 saturated carbocycles. The Kier molecular flexibility index (Phi) is 5.62. The van der Waals surface area contributed by atoms with Crippen molar-refractivity contribution >= 4 is 5.78 Å². The van der Waals surface area contributed by atoms with Crippen LogP contribution in [0.25, 0.3) is 0 Å². The van der Waals surface area contributed by atoms with Crippen LogP contribution < -0.4 is 0 Å². The van der Waals surface area contributed by atoms with Crippen molar-refractivity contribution in [2.45, 2.75) is 52.1 Å². The van der Waals surface area contributed by atoms with E-state index in [9.17, 15) is 4.79 Å². The van der Waals surface area contributed by atoms with Crippen molar-refractivity contribution in [2.75, 3.05) is 6.61 Å². The van der Waals surface area contributed by atoms with Crippen molar-refractivity contribution < 1.29 is 9.53 Å². The molecule has 0 bridgehead atoms. The van der Waals surface area contributed by atoms with Crippen LogP contribution in [0.5, 0.6) is 0 Å². The molecule has 0 spiro atoms. The molecule has 2 nitrogen and oxygen atoms in total. The minimum atomic E-state index is -0.153. The zero-order chi connectivity index (χ0) is 11.1. The lowest BCUT2D eigenvalue weighted by Gasteiger charge is -2.26. The summed E-state index contributed by atoms with van der Waals surface area (Å²) in [5, 5.41) is 0. The van der Waals surface area contributed by atoms with E-state index in [-0.39, 0.29) is 6.10 Å². The number of hydrogen-bond donors (Lipinski definition) is 0.